The van der Waals surface area contributed by atoms with Crippen molar-refractivity contribution in [2.75, 3.05) is 18.4 Å². The Bertz CT molecular complexity index is 1510. The van der Waals surface area contributed by atoms with Crippen LogP contribution in [0.4, 0.5) is 10.1 Å². The van der Waals surface area contributed by atoms with Crippen LogP contribution >= 0.6 is 23.2 Å². The first-order valence-electron chi connectivity index (χ1n) is 13.4. The van der Waals surface area contributed by atoms with Gasteiger partial charge in [0.2, 0.25) is 5.91 Å². The van der Waals surface area contributed by atoms with Gasteiger partial charge in [-0.3, -0.25) is 9.10 Å². The number of nitrogens with one attached hydrogen (secondary N) is 1. The number of amides is 1. The van der Waals surface area contributed by atoms with Gasteiger partial charge in [-0.15, -0.1) is 0 Å². The summed E-state index contributed by atoms with van der Waals surface area (Å²) >= 11 is 12.2. The second-order valence-corrected chi connectivity index (χ2v) is 13.4. The van der Waals surface area contributed by atoms with Crippen LogP contribution in [-0.2, 0) is 21.2 Å². The zero-order valence-corrected chi connectivity index (χ0v) is 24.7. The molecule has 1 fully saturated rings. The zero-order valence-electron chi connectivity index (χ0n) is 22.4. The van der Waals surface area contributed by atoms with Gasteiger partial charge in [0.05, 0.1) is 20.6 Å². The molecule has 2 aliphatic rings. The van der Waals surface area contributed by atoms with Crippen LogP contribution in [-0.4, -0.2) is 45.4 Å². The number of fused-ring (bicyclic) bond motifs is 1. The standard InChI is InChI=1S/C30H32Cl2FN3O3S/c1-35(2)29(21-7-5-8-22(33)16-21)19-10-12-23(13-11-19)34-30(37)28-17-20-6-3-4-9-27(20)36(28)40(38,39)24-14-15-25(31)26(32)18-24/h3-9,14-16,18-19,23,28-29H,10-13,17H2,1-2H3,(H,34,37). The van der Waals surface area contributed by atoms with Crippen molar-refractivity contribution in [3.8, 4) is 0 Å². The van der Waals surface area contributed by atoms with Crippen molar-refractivity contribution in [1.29, 1.82) is 0 Å². The number of para-hydroxylation sites is 1. The van der Waals surface area contributed by atoms with E-state index in [4.69, 9.17) is 23.2 Å². The van der Waals surface area contributed by atoms with Gasteiger partial charge >= 0.3 is 0 Å². The smallest absolute Gasteiger partial charge is 0.265 e. The molecule has 10 heteroatoms. The molecule has 5 rings (SSSR count). The van der Waals surface area contributed by atoms with E-state index in [2.05, 4.69) is 10.2 Å². The average Bonchev–Trinajstić information content (AvgIpc) is 3.32. The maximum atomic E-state index is 13.9. The first kappa shape index (κ1) is 28.9. The van der Waals surface area contributed by atoms with Crippen molar-refractivity contribution in [1.82, 2.24) is 10.2 Å². The van der Waals surface area contributed by atoms with Crippen LogP contribution in [0.25, 0.3) is 0 Å². The van der Waals surface area contributed by atoms with Gasteiger partial charge in [0.25, 0.3) is 10.0 Å². The second-order valence-electron chi connectivity index (χ2n) is 10.8. The lowest BCUT2D eigenvalue weighted by Gasteiger charge is -2.38. The maximum Gasteiger partial charge on any atom is 0.265 e. The molecule has 0 bridgehead atoms. The molecule has 1 aliphatic heterocycles. The van der Waals surface area contributed by atoms with Crippen molar-refractivity contribution in [2.45, 2.75) is 55.1 Å². The summed E-state index contributed by atoms with van der Waals surface area (Å²) in [6.45, 7) is 0. The number of anilines is 1. The molecular weight excluding hydrogens is 572 g/mol. The van der Waals surface area contributed by atoms with Crippen molar-refractivity contribution in [3.05, 3.63) is 93.7 Å². The minimum atomic E-state index is -4.10. The average molecular weight is 605 g/mol. The quantitative estimate of drug-likeness (QED) is 0.347. The Morgan fingerprint density at radius 2 is 1.70 bits per heavy atom. The van der Waals surface area contributed by atoms with E-state index >= 15 is 0 Å². The Morgan fingerprint density at radius 3 is 2.38 bits per heavy atom. The summed E-state index contributed by atoms with van der Waals surface area (Å²) in [5.74, 6) is -0.256. The molecule has 1 N–H and O–H groups in total. The van der Waals surface area contributed by atoms with E-state index in [0.29, 0.717) is 11.6 Å². The molecule has 0 radical (unpaired) electrons. The third kappa shape index (κ3) is 5.73. The van der Waals surface area contributed by atoms with Crippen LogP contribution in [0, 0.1) is 11.7 Å². The van der Waals surface area contributed by atoms with Crippen LogP contribution in [0.3, 0.4) is 0 Å². The molecular formula is C30H32Cl2FN3O3S. The van der Waals surface area contributed by atoms with Gasteiger partial charge in [0, 0.05) is 18.5 Å². The van der Waals surface area contributed by atoms with Gasteiger partial charge < -0.3 is 10.2 Å². The van der Waals surface area contributed by atoms with Crippen molar-refractivity contribution >= 4 is 44.8 Å². The predicted molar refractivity (Wildman–Crippen MR) is 157 cm³/mol. The number of benzene rings is 3. The van der Waals surface area contributed by atoms with E-state index in [1.807, 2.05) is 32.3 Å². The summed E-state index contributed by atoms with van der Waals surface area (Å²) < 4.78 is 42.8. The molecule has 212 valence electrons. The van der Waals surface area contributed by atoms with Crippen molar-refractivity contribution < 1.29 is 17.6 Å². The first-order valence-corrected chi connectivity index (χ1v) is 15.6. The van der Waals surface area contributed by atoms with Crippen LogP contribution < -0.4 is 9.62 Å². The van der Waals surface area contributed by atoms with E-state index in [1.165, 1.54) is 28.6 Å². The van der Waals surface area contributed by atoms with Crippen LogP contribution in [0.15, 0.2) is 71.6 Å². The van der Waals surface area contributed by atoms with E-state index in [9.17, 15) is 17.6 Å². The number of carbonyl (C=O) groups is 1. The van der Waals surface area contributed by atoms with Crippen LogP contribution in [0.2, 0.25) is 10.0 Å². The number of hydrogen-bond donors (Lipinski definition) is 1. The minimum absolute atomic E-state index is 0.0241. The highest BCUT2D eigenvalue weighted by molar-refractivity contribution is 7.93. The molecule has 6 nitrogen and oxygen atoms in total. The number of sulfonamides is 1. The van der Waals surface area contributed by atoms with Gasteiger partial charge in [-0.2, -0.15) is 0 Å². The van der Waals surface area contributed by atoms with Gasteiger partial charge in [0.15, 0.2) is 0 Å². The van der Waals surface area contributed by atoms with E-state index in [-0.39, 0.29) is 45.2 Å². The molecule has 40 heavy (non-hydrogen) atoms. The molecule has 2 unspecified atom stereocenters. The highest BCUT2D eigenvalue weighted by atomic mass is 35.5. The highest BCUT2D eigenvalue weighted by Gasteiger charge is 2.43. The Kier molecular flexibility index (Phi) is 8.43. The first-order chi connectivity index (χ1) is 19.1. The molecule has 0 aromatic heterocycles. The third-order valence-electron chi connectivity index (χ3n) is 7.99. The van der Waals surface area contributed by atoms with Gasteiger partial charge in [-0.25, -0.2) is 12.8 Å². The lowest BCUT2D eigenvalue weighted by Crippen LogP contribution is -2.51. The Hall–Kier alpha value is -2.65. The number of rotatable bonds is 7. The minimum Gasteiger partial charge on any atom is -0.352 e. The lowest BCUT2D eigenvalue weighted by atomic mass is 9.78. The van der Waals surface area contributed by atoms with Gasteiger partial charge in [-0.05, 0) is 93.2 Å². The van der Waals surface area contributed by atoms with E-state index in [0.717, 1.165) is 36.8 Å². The normalized spacial score (nSPS) is 21.8. The Balaban J connectivity index is 1.32. The number of nitrogens with zero attached hydrogens (tertiary/aromatic N) is 2. The topological polar surface area (TPSA) is 69.7 Å². The summed E-state index contributed by atoms with van der Waals surface area (Å²) in [7, 11) is -0.0887. The highest BCUT2D eigenvalue weighted by Crippen LogP contribution is 2.40. The number of halogens is 3. The number of carbonyl (C=O) groups excluding carboxylic acids is 1. The molecule has 3 aromatic rings. The van der Waals surface area contributed by atoms with Gasteiger partial charge in [-0.1, -0.05) is 53.5 Å². The molecule has 0 saturated heterocycles. The SMILES string of the molecule is CN(C)C(c1cccc(F)c1)C1CCC(NC(=O)C2Cc3ccccc3N2S(=O)(=O)c2ccc(Cl)c(Cl)c2)CC1. The molecule has 0 spiro atoms. The van der Waals surface area contributed by atoms with Gasteiger partial charge in [0.1, 0.15) is 11.9 Å². The molecule has 2 atom stereocenters. The molecule has 1 heterocycles. The lowest BCUT2D eigenvalue weighted by molar-refractivity contribution is -0.123. The fourth-order valence-corrected chi connectivity index (χ4v) is 8.20. The number of hydrogen-bond acceptors (Lipinski definition) is 4. The summed E-state index contributed by atoms with van der Waals surface area (Å²) in [4.78, 5) is 15.8. The van der Waals surface area contributed by atoms with E-state index in [1.54, 1.807) is 24.3 Å². The largest absolute Gasteiger partial charge is 0.352 e. The predicted octanol–water partition coefficient (Wildman–Crippen LogP) is 6.23. The van der Waals surface area contributed by atoms with Crippen molar-refractivity contribution in [3.63, 3.8) is 0 Å². The summed E-state index contributed by atoms with van der Waals surface area (Å²) in [6, 6.07) is 17.2. The monoisotopic (exact) mass is 603 g/mol. The van der Waals surface area contributed by atoms with E-state index < -0.39 is 16.1 Å². The fraction of sp³-hybridized carbons (Fsp3) is 0.367. The van der Waals surface area contributed by atoms with Crippen LogP contribution in [0.1, 0.15) is 42.9 Å². The Labute approximate surface area is 245 Å². The molecule has 1 aliphatic carbocycles. The van der Waals surface area contributed by atoms with Crippen LogP contribution in [0.5, 0.6) is 0 Å². The Morgan fingerprint density at radius 1 is 0.975 bits per heavy atom. The second kappa shape index (κ2) is 11.7. The molecule has 3 aromatic carbocycles. The fourth-order valence-electron chi connectivity index (χ4n) is 6.16. The van der Waals surface area contributed by atoms with Crippen molar-refractivity contribution in [2.24, 2.45) is 5.92 Å². The summed E-state index contributed by atoms with van der Waals surface area (Å²) in [5.41, 5.74) is 2.23. The third-order valence-corrected chi connectivity index (χ3v) is 10.5. The molecule has 1 saturated carbocycles. The zero-order chi connectivity index (χ0) is 28.6. The maximum absolute atomic E-state index is 13.9. The summed E-state index contributed by atoms with van der Waals surface area (Å²) in [6.07, 6.45) is 3.52. The summed E-state index contributed by atoms with van der Waals surface area (Å²) in [5, 5.41) is 3.52. The molecule has 1 amide bonds.